The van der Waals surface area contributed by atoms with Crippen molar-refractivity contribution in [3.8, 4) is 22.3 Å². The molecule has 0 fully saturated rings. The molecule has 0 radical (unpaired) electrons. The van der Waals surface area contributed by atoms with Gasteiger partial charge in [-0.25, -0.2) is 0 Å². The first-order valence-electron chi connectivity index (χ1n) is 14.5. The van der Waals surface area contributed by atoms with E-state index in [0.29, 0.717) is 0 Å². The second kappa shape index (κ2) is 8.58. The lowest BCUT2D eigenvalue weighted by molar-refractivity contribution is 1.23. The summed E-state index contributed by atoms with van der Waals surface area (Å²) in [5.74, 6) is 0. The van der Waals surface area contributed by atoms with Gasteiger partial charge in [-0.3, -0.25) is 9.97 Å². The van der Waals surface area contributed by atoms with E-state index in [-0.39, 0.29) is 0 Å². The quantitative estimate of drug-likeness (QED) is 0.163. The molecular formula is C40H26N2. The average Bonchev–Trinajstić information content (AvgIpc) is 3.03. The lowest BCUT2D eigenvalue weighted by Gasteiger charge is -2.17. The Morgan fingerprint density at radius 3 is 1.79 bits per heavy atom. The van der Waals surface area contributed by atoms with Gasteiger partial charge < -0.3 is 0 Å². The number of aromatic nitrogens is 2. The zero-order valence-electron chi connectivity index (χ0n) is 23.4. The maximum Gasteiger partial charge on any atom is 0.0974 e. The standard InChI is InChI=1S/C40H26N2/c1-23-15-16-26-17-18-35-36(21-24(2)42-40(35)39(26)41-23)28-10-3-9-27(22-28)29-19-20-34-32-12-5-8-25-7-4-11-31(37(25)32)33-14-6-13-30(29)38(33)34/h3-22H,1-2H3. The van der Waals surface area contributed by atoms with E-state index in [1.54, 1.807) is 0 Å². The van der Waals surface area contributed by atoms with E-state index in [1.165, 1.54) is 65.3 Å². The van der Waals surface area contributed by atoms with Crippen LogP contribution in [0, 0.1) is 13.8 Å². The number of hydrogen-bond donors (Lipinski definition) is 0. The topological polar surface area (TPSA) is 25.8 Å². The van der Waals surface area contributed by atoms with Gasteiger partial charge in [0.25, 0.3) is 0 Å². The summed E-state index contributed by atoms with van der Waals surface area (Å²) in [5, 5.41) is 12.8. The molecule has 0 atom stereocenters. The predicted octanol–water partition coefficient (Wildman–Crippen LogP) is 10.8. The largest absolute Gasteiger partial charge is 0.251 e. The summed E-state index contributed by atoms with van der Waals surface area (Å²) in [6.07, 6.45) is 0. The summed E-state index contributed by atoms with van der Waals surface area (Å²) in [7, 11) is 0. The van der Waals surface area contributed by atoms with Crippen molar-refractivity contribution in [2.75, 3.05) is 0 Å². The van der Waals surface area contributed by atoms with Crippen LogP contribution < -0.4 is 0 Å². The summed E-state index contributed by atoms with van der Waals surface area (Å²) >= 11 is 0. The van der Waals surface area contributed by atoms with E-state index in [2.05, 4.69) is 128 Å². The molecular weight excluding hydrogens is 508 g/mol. The molecule has 0 N–H and O–H groups in total. The molecule has 0 aliphatic carbocycles. The van der Waals surface area contributed by atoms with Gasteiger partial charge in [0.15, 0.2) is 0 Å². The average molecular weight is 535 g/mol. The van der Waals surface area contributed by atoms with Gasteiger partial charge in [-0.15, -0.1) is 0 Å². The van der Waals surface area contributed by atoms with Crippen LogP contribution in [0.5, 0.6) is 0 Å². The molecule has 7 aromatic carbocycles. The zero-order valence-corrected chi connectivity index (χ0v) is 23.4. The fourth-order valence-electron chi connectivity index (χ4n) is 7.09. The number of benzene rings is 7. The van der Waals surface area contributed by atoms with Crippen molar-refractivity contribution in [2.45, 2.75) is 13.8 Å². The van der Waals surface area contributed by atoms with Crippen LogP contribution in [0.4, 0.5) is 0 Å². The fourth-order valence-corrected chi connectivity index (χ4v) is 7.09. The van der Waals surface area contributed by atoms with Crippen LogP contribution in [-0.2, 0) is 0 Å². The molecule has 0 saturated carbocycles. The van der Waals surface area contributed by atoms with Crippen LogP contribution in [0.25, 0.3) is 87.1 Å². The van der Waals surface area contributed by atoms with Gasteiger partial charge in [0.1, 0.15) is 0 Å². The number of rotatable bonds is 2. The van der Waals surface area contributed by atoms with Crippen LogP contribution in [0.2, 0.25) is 0 Å². The predicted molar refractivity (Wildman–Crippen MR) is 179 cm³/mol. The summed E-state index contributed by atoms with van der Waals surface area (Å²) in [6, 6.07) is 44.5. The fraction of sp³-hybridized carbons (Fsp3) is 0.0500. The molecule has 9 aromatic rings. The van der Waals surface area contributed by atoms with Gasteiger partial charge in [0.2, 0.25) is 0 Å². The number of aryl methyl sites for hydroxylation is 2. The third-order valence-corrected chi connectivity index (χ3v) is 8.92. The molecule has 0 amide bonds. The Balaban J connectivity index is 1.30. The SMILES string of the molecule is Cc1ccc2ccc3c(-c4cccc(-c5ccc6c7cccc8cccc(c9cccc5c96)c87)c4)cc(C)nc3c2n1. The minimum Gasteiger partial charge on any atom is -0.251 e. The van der Waals surface area contributed by atoms with Crippen molar-refractivity contribution < 1.29 is 0 Å². The van der Waals surface area contributed by atoms with E-state index >= 15 is 0 Å². The van der Waals surface area contributed by atoms with Crippen LogP contribution in [0.15, 0.2) is 121 Å². The van der Waals surface area contributed by atoms with Crippen molar-refractivity contribution in [3.63, 3.8) is 0 Å². The van der Waals surface area contributed by atoms with E-state index in [9.17, 15) is 0 Å². The molecule has 9 rings (SSSR count). The Kier molecular flexibility index (Phi) is 4.77. The third kappa shape index (κ3) is 3.27. The second-order valence-electron chi connectivity index (χ2n) is 11.5. The highest BCUT2D eigenvalue weighted by Crippen LogP contribution is 2.43. The number of hydrogen-bond acceptors (Lipinski definition) is 2. The van der Waals surface area contributed by atoms with Crippen molar-refractivity contribution >= 4 is 64.9 Å². The Morgan fingerprint density at radius 1 is 0.381 bits per heavy atom. The van der Waals surface area contributed by atoms with Gasteiger partial charge >= 0.3 is 0 Å². The van der Waals surface area contributed by atoms with Gasteiger partial charge in [-0.2, -0.15) is 0 Å². The molecule has 42 heavy (non-hydrogen) atoms. The van der Waals surface area contributed by atoms with E-state index in [0.717, 1.165) is 33.2 Å². The highest BCUT2D eigenvalue weighted by atomic mass is 14.8. The lowest BCUT2D eigenvalue weighted by Crippen LogP contribution is -1.93. The molecule has 0 aliphatic rings. The van der Waals surface area contributed by atoms with Crippen LogP contribution >= 0.6 is 0 Å². The van der Waals surface area contributed by atoms with E-state index in [4.69, 9.17) is 9.97 Å². The van der Waals surface area contributed by atoms with E-state index < -0.39 is 0 Å². The van der Waals surface area contributed by atoms with Gasteiger partial charge in [0.05, 0.1) is 11.0 Å². The van der Waals surface area contributed by atoms with Crippen molar-refractivity contribution in [3.05, 3.63) is 133 Å². The van der Waals surface area contributed by atoms with Crippen LogP contribution in [0.1, 0.15) is 11.4 Å². The molecule has 0 saturated heterocycles. The third-order valence-electron chi connectivity index (χ3n) is 8.92. The summed E-state index contributed by atoms with van der Waals surface area (Å²) in [6.45, 7) is 4.11. The molecule has 0 spiro atoms. The smallest absolute Gasteiger partial charge is 0.0974 e. The maximum atomic E-state index is 4.96. The first kappa shape index (κ1) is 23.4. The molecule has 0 aliphatic heterocycles. The minimum atomic E-state index is 0.964. The molecule has 0 bridgehead atoms. The Bertz CT molecular complexity index is 2490. The lowest BCUT2D eigenvalue weighted by atomic mass is 9.86. The van der Waals surface area contributed by atoms with E-state index in [1.807, 2.05) is 6.92 Å². The second-order valence-corrected chi connectivity index (χ2v) is 11.5. The molecule has 2 heteroatoms. The number of nitrogens with zero attached hydrogens (tertiary/aromatic N) is 2. The van der Waals surface area contributed by atoms with Gasteiger partial charge in [-0.1, -0.05) is 103 Å². The molecule has 0 unspecified atom stereocenters. The Labute approximate surface area is 243 Å². The zero-order chi connectivity index (χ0) is 27.9. The van der Waals surface area contributed by atoms with Crippen molar-refractivity contribution in [1.82, 2.24) is 9.97 Å². The minimum absolute atomic E-state index is 0.964. The number of pyridine rings is 2. The Morgan fingerprint density at radius 2 is 0.976 bits per heavy atom. The molecule has 196 valence electrons. The Hall–Kier alpha value is -5.34. The first-order valence-corrected chi connectivity index (χ1v) is 14.5. The maximum absolute atomic E-state index is 4.96. The van der Waals surface area contributed by atoms with Gasteiger partial charge in [-0.05, 0) is 97.4 Å². The van der Waals surface area contributed by atoms with Crippen LogP contribution in [-0.4, -0.2) is 9.97 Å². The van der Waals surface area contributed by atoms with Crippen molar-refractivity contribution in [2.24, 2.45) is 0 Å². The molecule has 2 aromatic heterocycles. The van der Waals surface area contributed by atoms with Gasteiger partial charge in [0, 0.05) is 22.2 Å². The summed E-state index contributed by atoms with van der Waals surface area (Å²) < 4.78 is 0. The first-order chi connectivity index (χ1) is 20.6. The van der Waals surface area contributed by atoms with Crippen molar-refractivity contribution in [1.29, 1.82) is 0 Å². The monoisotopic (exact) mass is 534 g/mol. The number of fused-ring (bicyclic) bond motifs is 5. The highest BCUT2D eigenvalue weighted by molar-refractivity contribution is 6.34. The summed E-state index contributed by atoms with van der Waals surface area (Å²) in [4.78, 5) is 9.84. The normalized spacial score (nSPS) is 12.0. The molecule has 2 heterocycles. The van der Waals surface area contributed by atoms with Crippen LogP contribution in [0.3, 0.4) is 0 Å². The molecule has 2 nitrogen and oxygen atoms in total. The summed E-state index contributed by atoms with van der Waals surface area (Å²) in [5.41, 5.74) is 8.76. The highest BCUT2D eigenvalue weighted by Gasteiger charge is 2.16.